The second-order valence-electron chi connectivity index (χ2n) is 8.06. The summed E-state index contributed by atoms with van der Waals surface area (Å²) in [6, 6.07) is 11.6. The number of halogens is 3. The maximum Gasteiger partial charge on any atom is 0.416 e. The van der Waals surface area contributed by atoms with Gasteiger partial charge in [0, 0.05) is 36.6 Å². The van der Waals surface area contributed by atoms with Crippen LogP contribution in [0.4, 0.5) is 23.7 Å². The highest BCUT2D eigenvalue weighted by molar-refractivity contribution is 8.00. The molecule has 2 aliphatic heterocycles. The summed E-state index contributed by atoms with van der Waals surface area (Å²) in [5, 5.41) is 2.67. The number of rotatable bonds is 2. The van der Waals surface area contributed by atoms with E-state index in [4.69, 9.17) is 0 Å². The number of aryl methyl sites for hydroxylation is 1. The van der Waals surface area contributed by atoms with Gasteiger partial charge in [0.25, 0.3) is 5.91 Å². The number of hydrogen-bond donors (Lipinski definition) is 1. The molecule has 2 aliphatic rings. The van der Waals surface area contributed by atoms with Gasteiger partial charge in [0.15, 0.2) is 0 Å². The maximum absolute atomic E-state index is 13.2. The van der Waals surface area contributed by atoms with Crippen molar-refractivity contribution in [1.29, 1.82) is 0 Å². The molecule has 1 N–H and O–H groups in total. The summed E-state index contributed by atoms with van der Waals surface area (Å²) < 4.78 is 38.1. The number of carbonyl (C=O) groups is 2. The van der Waals surface area contributed by atoms with Crippen molar-refractivity contribution in [3.05, 3.63) is 65.2 Å². The van der Waals surface area contributed by atoms with Crippen LogP contribution in [0.2, 0.25) is 0 Å². The molecular weight excluding hydrogens is 439 g/mol. The Balaban J connectivity index is 1.39. The minimum absolute atomic E-state index is 0.0238. The van der Waals surface area contributed by atoms with Crippen molar-refractivity contribution in [3.8, 4) is 0 Å². The lowest BCUT2D eigenvalue weighted by molar-refractivity contribution is -0.137. The quantitative estimate of drug-likeness (QED) is 0.664. The van der Waals surface area contributed by atoms with Crippen molar-refractivity contribution in [3.63, 3.8) is 0 Å². The number of amides is 3. The molecule has 0 radical (unpaired) electrons. The lowest BCUT2D eigenvalue weighted by Crippen LogP contribution is -2.54. The molecule has 0 saturated carbocycles. The maximum atomic E-state index is 13.2. The molecule has 1 spiro atoms. The van der Waals surface area contributed by atoms with E-state index in [0.717, 1.165) is 23.4 Å². The van der Waals surface area contributed by atoms with Crippen LogP contribution in [-0.2, 0) is 6.18 Å². The Kier molecular flexibility index (Phi) is 6.11. The number of anilines is 1. The van der Waals surface area contributed by atoms with Gasteiger partial charge in [0.2, 0.25) is 0 Å². The zero-order valence-electron chi connectivity index (χ0n) is 17.6. The van der Waals surface area contributed by atoms with Gasteiger partial charge in [0.05, 0.1) is 10.4 Å². The Morgan fingerprint density at radius 3 is 2.28 bits per heavy atom. The third-order valence-electron chi connectivity index (χ3n) is 6.09. The van der Waals surface area contributed by atoms with Crippen LogP contribution in [0.15, 0.2) is 48.5 Å². The molecule has 4 rings (SSSR count). The number of hydrogen-bond acceptors (Lipinski definition) is 3. The van der Waals surface area contributed by atoms with Crippen molar-refractivity contribution in [2.24, 2.45) is 0 Å². The predicted molar refractivity (Wildman–Crippen MR) is 119 cm³/mol. The Morgan fingerprint density at radius 2 is 1.66 bits per heavy atom. The highest BCUT2D eigenvalue weighted by atomic mass is 32.2. The molecule has 2 heterocycles. The molecule has 2 fully saturated rings. The van der Waals surface area contributed by atoms with Crippen LogP contribution in [0.1, 0.15) is 34.3 Å². The summed E-state index contributed by atoms with van der Waals surface area (Å²) in [4.78, 5) is 29.1. The van der Waals surface area contributed by atoms with Crippen molar-refractivity contribution in [2.45, 2.75) is 30.8 Å². The molecule has 32 heavy (non-hydrogen) atoms. The first-order valence-electron chi connectivity index (χ1n) is 10.4. The van der Waals surface area contributed by atoms with Crippen LogP contribution >= 0.6 is 11.8 Å². The molecule has 170 valence electrons. The summed E-state index contributed by atoms with van der Waals surface area (Å²) in [5.41, 5.74) is 1.21. The van der Waals surface area contributed by atoms with Gasteiger partial charge in [0.1, 0.15) is 0 Å². The molecule has 5 nitrogen and oxygen atoms in total. The number of likely N-dealkylation sites (tertiary alicyclic amines) is 1. The first kappa shape index (κ1) is 22.5. The highest BCUT2D eigenvalue weighted by Crippen LogP contribution is 2.44. The molecule has 2 aromatic rings. The molecule has 3 amide bonds. The van der Waals surface area contributed by atoms with E-state index >= 15 is 0 Å². The first-order valence-corrected chi connectivity index (χ1v) is 11.4. The molecule has 0 aromatic heterocycles. The minimum Gasteiger partial charge on any atom is -0.324 e. The fourth-order valence-corrected chi connectivity index (χ4v) is 5.73. The number of piperidine rings is 1. The molecule has 0 bridgehead atoms. The van der Waals surface area contributed by atoms with E-state index in [1.807, 2.05) is 36.1 Å². The van der Waals surface area contributed by atoms with Gasteiger partial charge < -0.3 is 15.1 Å². The van der Waals surface area contributed by atoms with E-state index in [0.29, 0.717) is 43.7 Å². The predicted octanol–water partition coefficient (Wildman–Crippen LogP) is 5.23. The SMILES string of the molecule is Cc1ccccc1C(=O)N1CCSC12CCN(C(=O)Nc1ccc(C(F)(F)F)cc1)CC2. The molecule has 0 unspecified atom stereocenters. The summed E-state index contributed by atoms with van der Waals surface area (Å²) in [6.45, 7) is 3.54. The Labute approximate surface area is 189 Å². The summed E-state index contributed by atoms with van der Waals surface area (Å²) in [7, 11) is 0. The average molecular weight is 464 g/mol. The average Bonchev–Trinajstić information content (AvgIpc) is 3.16. The van der Waals surface area contributed by atoms with E-state index in [2.05, 4.69) is 5.32 Å². The van der Waals surface area contributed by atoms with Gasteiger partial charge >= 0.3 is 12.2 Å². The van der Waals surface area contributed by atoms with Crippen molar-refractivity contribution < 1.29 is 22.8 Å². The number of urea groups is 1. The van der Waals surface area contributed by atoms with E-state index in [1.54, 1.807) is 16.7 Å². The Morgan fingerprint density at radius 1 is 1.00 bits per heavy atom. The topological polar surface area (TPSA) is 52.7 Å². The third kappa shape index (κ3) is 4.44. The Bertz CT molecular complexity index is 1000. The third-order valence-corrected chi connectivity index (χ3v) is 7.65. The van der Waals surface area contributed by atoms with Crippen LogP contribution < -0.4 is 5.32 Å². The zero-order valence-corrected chi connectivity index (χ0v) is 18.4. The molecule has 0 aliphatic carbocycles. The summed E-state index contributed by atoms with van der Waals surface area (Å²) >= 11 is 1.76. The second-order valence-corrected chi connectivity index (χ2v) is 9.52. The van der Waals surface area contributed by atoms with Gasteiger partial charge in [-0.05, 0) is 55.7 Å². The number of thioether (sulfide) groups is 1. The number of nitrogens with one attached hydrogen (secondary N) is 1. The number of benzene rings is 2. The van der Waals surface area contributed by atoms with Crippen molar-refractivity contribution in [2.75, 3.05) is 30.7 Å². The Hall–Kier alpha value is -2.68. The van der Waals surface area contributed by atoms with Gasteiger partial charge in [-0.1, -0.05) is 18.2 Å². The van der Waals surface area contributed by atoms with Crippen LogP contribution in [0, 0.1) is 6.92 Å². The van der Waals surface area contributed by atoms with E-state index in [1.165, 1.54) is 12.1 Å². The summed E-state index contributed by atoms with van der Waals surface area (Å²) in [5.74, 6) is 0.880. The van der Waals surface area contributed by atoms with Crippen LogP contribution in [0.3, 0.4) is 0 Å². The normalized spacial score (nSPS) is 18.1. The standard InChI is InChI=1S/C23H24F3N3O2S/c1-16-4-2-3-5-19(16)20(30)29-14-15-32-22(29)10-12-28(13-11-22)21(31)27-18-8-6-17(7-9-18)23(24,25)26/h2-9H,10-15H2,1H3,(H,27,31). The summed E-state index contributed by atoms with van der Waals surface area (Å²) in [6.07, 6.45) is -3.12. The number of nitrogens with zero attached hydrogens (tertiary/aromatic N) is 2. The molecule has 2 aromatic carbocycles. The van der Waals surface area contributed by atoms with Crippen molar-refractivity contribution >= 4 is 29.4 Å². The lowest BCUT2D eigenvalue weighted by Gasteiger charge is -2.44. The van der Waals surface area contributed by atoms with Crippen LogP contribution in [0.5, 0.6) is 0 Å². The first-order chi connectivity index (χ1) is 15.2. The highest BCUT2D eigenvalue weighted by Gasteiger charge is 2.47. The van der Waals surface area contributed by atoms with E-state index < -0.39 is 11.7 Å². The minimum atomic E-state index is -4.41. The number of alkyl halides is 3. The monoisotopic (exact) mass is 463 g/mol. The van der Waals surface area contributed by atoms with E-state index in [-0.39, 0.29) is 16.8 Å². The van der Waals surface area contributed by atoms with Crippen LogP contribution in [0.25, 0.3) is 0 Å². The molecule has 0 atom stereocenters. The van der Waals surface area contributed by atoms with Crippen LogP contribution in [-0.4, -0.2) is 52.0 Å². The van der Waals surface area contributed by atoms with Gasteiger partial charge in [-0.25, -0.2) is 4.79 Å². The smallest absolute Gasteiger partial charge is 0.324 e. The van der Waals surface area contributed by atoms with Gasteiger partial charge in [-0.15, -0.1) is 11.8 Å². The van der Waals surface area contributed by atoms with E-state index in [9.17, 15) is 22.8 Å². The lowest BCUT2D eigenvalue weighted by atomic mass is 10.00. The zero-order chi connectivity index (χ0) is 22.9. The second kappa shape index (κ2) is 8.69. The molecular formula is C23H24F3N3O2S. The van der Waals surface area contributed by atoms with Gasteiger partial charge in [-0.3, -0.25) is 4.79 Å². The van der Waals surface area contributed by atoms with Crippen molar-refractivity contribution in [1.82, 2.24) is 9.80 Å². The number of carbonyl (C=O) groups excluding carboxylic acids is 2. The van der Waals surface area contributed by atoms with Gasteiger partial charge in [-0.2, -0.15) is 13.2 Å². The molecule has 2 saturated heterocycles. The fraction of sp³-hybridized carbons (Fsp3) is 0.391. The fourth-order valence-electron chi connectivity index (χ4n) is 4.27. The molecule has 9 heteroatoms. The largest absolute Gasteiger partial charge is 0.416 e.